The molecule has 0 unspecified atom stereocenters. The Morgan fingerprint density at radius 1 is 0.621 bits per heavy atom. The van der Waals surface area contributed by atoms with Crippen molar-refractivity contribution in [1.82, 2.24) is 0 Å². The third-order valence-electron chi connectivity index (χ3n) is 10.9. The summed E-state index contributed by atoms with van der Waals surface area (Å²) < 4.78 is 1.42. The van der Waals surface area contributed by atoms with Gasteiger partial charge in [0, 0.05) is 0 Å². The van der Waals surface area contributed by atoms with E-state index in [9.17, 15) is 0 Å². The van der Waals surface area contributed by atoms with Crippen molar-refractivity contribution in [3.05, 3.63) is 206 Å². The van der Waals surface area contributed by atoms with Crippen molar-refractivity contribution in [2.24, 2.45) is 0 Å². The molecule has 58 heavy (non-hydrogen) atoms. The van der Waals surface area contributed by atoms with Gasteiger partial charge in [-0.2, -0.15) is 23.3 Å². The fourth-order valence-corrected chi connectivity index (χ4v) is 9.04. The van der Waals surface area contributed by atoms with Crippen molar-refractivity contribution in [3.63, 3.8) is 0 Å². The fraction of sp³-hybridized carbons (Fsp3) is 0.236. The van der Waals surface area contributed by atoms with Gasteiger partial charge in [-0.15, -0.1) is 29.3 Å². The molecule has 1 aliphatic rings. The molecule has 0 radical (unpaired) electrons. The summed E-state index contributed by atoms with van der Waals surface area (Å²) in [6.45, 7) is 22.2. The zero-order valence-electron chi connectivity index (χ0n) is 35.9. The number of hydrogen-bond acceptors (Lipinski definition) is 0. The van der Waals surface area contributed by atoms with E-state index in [-0.39, 0.29) is 24.8 Å². The molecule has 7 aromatic rings. The van der Waals surface area contributed by atoms with E-state index >= 15 is 0 Å². The summed E-state index contributed by atoms with van der Waals surface area (Å²) in [4.78, 5) is 0. The number of rotatable bonds is 5. The number of hydrogen-bond donors (Lipinski definition) is 0. The Morgan fingerprint density at radius 3 is 1.59 bits per heavy atom. The topological polar surface area (TPSA) is 0 Å². The minimum absolute atomic E-state index is 0. The molecule has 0 N–H and O–H groups in total. The molecule has 3 heteroatoms. The quantitative estimate of drug-likeness (QED) is 0.153. The first kappa shape index (κ1) is 46.7. The molecule has 7 aromatic carbocycles. The van der Waals surface area contributed by atoms with Crippen molar-refractivity contribution in [2.75, 3.05) is 0 Å². The van der Waals surface area contributed by atoms with E-state index in [1.807, 2.05) is 0 Å². The van der Waals surface area contributed by atoms with Gasteiger partial charge < -0.3 is 24.8 Å². The fourth-order valence-electron chi connectivity index (χ4n) is 8.22. The van der Waals surface area contributed by atoms with Gasteiger partial charge in [0.25, 0.3) is 0 Å². The molecule has 0 aliphatic heterocycles. The SMILES string of the molecule is CCc1cc(C(C)(C)C)c[cH-]1.Cc1cc(C)c(-c2[c-]c3c(cc2)-c2ccc(-c4c(C)cc(C)cc4C)cc2C3)c(C)c1.[Cl-].[Cl-].[Zr+2]=[C](c1ccccc1)c1ccccc1. The second-order valence-corrected chi connectivity index (χ2v) is 17.8. The average molecular weight is 879 g/mol. The van der Waals surface area contributed by atoms with Crippen LogP contribution in [0.5, 0.6) is 0 Å². The van der Waals surface area contributed by atoms with E-state index in [1.54, 1.807) is 0 Å². The molecule has 0 atom stereocenters. The first-order valence-electron chi connectivity index (χ1n) is 20.0. The van der Waals surface area contributed by atoms with Crippen LogP contribution in [0.1, 0.15) is 94.5 Å². The third-order valence-corrected chi connectivity index (χ3v) is 12.3. The first-order valence-corrected chi connectivity index (χ1v) is 21.3. The Kier molecular flexibility index (Phi) is 16.4. The zero-order valence-corrected chi connectivity index (χ0v) is 39.8. The van der Waals surface area contributed by atoms with Gasteiger partial charge in [-0.05, 0) is 75.8 Å². The standard InChI is InChI=1S/C31H29.C13H10.C11H17.2ClH.Zr/c1-18-11-20(3)30(21(4)12-18)24-7-9-28-26(15-24)17-27-16-25(8-10-29(27)28)31-22(5)13-19(2)14-23(31)6;1-3-7-12(8-4-1)11-13-9-5-2-6-10-13;1-5-9-6-7-10(8-9)11(2,3)4;;;/h7-15H,17H2,1-6H3;1-10H;6-8H,5H2,1-4H3;2*1H;/q-1;;-1;;;+2/p-2. The van der Waals surface area contributed by atoms with E-state index in [4.69, 9.17) is 0 Å². The summed E-state index contributed by atoms with van der Waals surface area (Å²) in [5, 5.41) is 0. The summed E-state index contributed by atoms with van der Waals surface area (Å²) in [6, 6.07) is 52.3. The molecule has 1 aliphatic carbocycles. The van der Waals surface area contributed by atoms with Crippen LogP contribution < -0.4 is 24.8 Å². The van der Waals surface area contributed by atoms with E-state index in [1.165, 1.54) is 128 Å². The molecule has 0 amide bonds. The van der Waals surface area contributed by atoms with Crippen LogP contribution in [0, 0.1) is 47.6 Å². The van der Waals surface area contributed by atoms with Crippen LogP contribution >= 0.6 is 0 Å². The summed E-state index contributed by atoms with van der Waals surface area (Å²) >= 11 is 1.46. The Bertz CT molecular complexity index is 2290. The van der Waals surface area contributed by atoms with Gasteiger partial charge in [0.2, 0.25) is 0 Å². The number of aryl methyl sites for hydroxylation is 7. The van der Waals surface area contributed by atoms with Crippen LogP contribution in [0.2, 0.25) is 0 Å². The molecule has 0 nitrogen and oxygen atoms in total. The van der Waals surface area contributed by atoms with Gasteiger partial charge in [-0.3, -0.25) is 0 Å². The Labute approximate surface area is 376 Å². The number of halogens is 2. The third kappa shape index (κ3) is 11.0. The van der Waals surface area contributed by atoms with Crippen molar-refractivity contribution < 1.29 is 49.0 Å². The van der Waals surface area contributed by atoms with E-state index in [2.05, 4.69) is 209 Å². The van der Waals surface area contributed by atoms with Gasteiger partial charge >= 0.3 is 99.2 Å². The molecule has 0 saturated heterocycles. The summed E-state index contributed by atoms with van der Waals surface area (Å²) in [6.07, 6.45) is 2.11. The van der Waals surface area contributed by atoms with Crippen LogP contribution in [0.15, 0.2) is 133 Å². The maximum absolute atomic E-state index is 3.78. The molecule has 0 spiro atoms. The van der Waals surface area contributed by atoms with Gasteiger partial charge in [-0.25, -0.2) is 6.07 Å². The molecular weight excluding hydrogens is 823 g/mol. The van der Waals surface area contributed by atoms with Crippen LogP contribution in [0.4, 0.5) is 0 Å². The van der Waals surface area contributed by atoms with E-state index < -0.39 is 0 Å². The normalized spacial score (nSPS) is 11.1. The molecular formula is C55H56Cl2Zr-2. The minimum atomic E-state index is 0. The Balaban J connectivity index is 0.000000228. The van der Waals surface area contributed by atoms with Crippen molar-refractivity contribution in [1.29, 1.82) is 0 Å². The predicted octanol–water partition coefficient (Wildman–Crippen LogP) is 8.32. The van der Waals surface area contributed by atoms with E-state index in [0.717, 1.165) is 12.8 Å². The molecule has 8 rings (SSSR count). The van der Waals surface area contributed by atoms with Crippen LogP contribution in [0.25, 0.3) is 33.4 Å². The van der Waals surface area contributed by atoms with Gasteiger partial charge in [0.05, 0.1) is 0 Å². The molecule has 0 bridgehead atoms. The monoisotopic (exact) mass is 876 g/mol. The van der Waals surface area contributed by atoms with Crippen molar-refractivity contribution >= 4 is 3.21 Å². The van der Waals surface area contributed by atoms with Gasteiger partial charge in [0.15, 0.2) is 0 Å². The maximum atomic E-state index is 3.78. The predicted molar refractivity (Wildman–Crippen MR) is 239 cm³/mol. The Hall–Kier alpha value is -4.00. The summed E-state index contributed by atoms with van der Waals surface area (Å²) in [5.41, 5.74) is 24.6. The molecule has 0 aromatic heterocycles. The summed E-state index contributed by atoms with van der Waals surface area (Å²) in [7, 11) is 0. The number of fused-ring (bicyclic) bond motifs is 3. The van der Waals surface area contributed by atoms with Crippen LogP contribution in [0.3, 0.4) is 0 Å². The second kappa shape index (κ2) is 20.3. The molecule has 0 heterocycles. The number of benzene rings is 6. The van der Waals surface area contributed by atoms with Crippen molar-refractivity contribution in [2.45, 2.75) is 87.5 Å². The second-order valence-electron chi connectivity index (χ2n) is 16.6. The molecule has 0 saturated carbocycles. The van der Waals surface area contributed by atoms with Gasteiger partial charge in [-0.1, -0.05) is 121 Å². The molecule has 0 fully saturated rings. The van der Waals surface area contributed by atoms with E-state index in [0.29, 0.717) is 5.41 Å². The van der Waals surface area contributed by atoms with Crippen LogP contribution in [-0.4, -0.2) is 3.21 Å². The van der Waals surface area contributed by atoms with Crippen LogP contribution in [-0.2, 0) is 42.5 Å². The molecule has 296 valence electrons. The average Bonchev–Trinajstić information content (AvgIpc) is 3.80. The summed E-state index contributed by atoms with van der Waals surface area (Å²) in [5.74, 6) is 0. The van der Waals surface area contributed by atoms with Crippen molar-refractivity contribution in [3.8, 4) is 33.4 Å². The van der Waals surface area contributed by atoms with Gasteiger partial charge in [0.1, 0.15) is 0 Å². The Morgan fingerprint density at radius 2 is 1.12 bits per heavy atom. The first-order chi connectivity index (χ1) is 26.7. The zero-order chi connectivity index (χ0) is 40.1.